The second kappa shape index (κ2) is 3.48. The van der Waals surface area contributed by atoms with E-state index >= 15 is 0 Å². The van der Waals surface area contributed by atoms with E-state index in [2.05, 4.69) is 17.1 Å². The Morgan fingerprint density at radius 3 is 2.33 bits per heavy atom. The lowest BCUT2D eigenvalue weighted by Gasteiger charge is -2.41. The molecule has 3 fully saturated rings. The normalized spacial score (nSPS) is 43.9. The van der Waals surface area contributed by atoms with E-state index in [0.29, 0.717) is 17.7 Å². The predicted octanol–water partition coefficient (Wildman–Crippen LogP) is 0.710. The molecule has 0 radical (unpaired) electrons. The maximum Gasteiger partial charge on any atom is 0.225 e. The Labute approximate surface area is 91.2 Å². The smallest absolute Gasteiger partial charge is 0.225 e. The van der Waals surface area contributed by atoms with Crippen LogP contribution >= 0.6 is 0 Å². The van der Waals surface area contributed by atoms with Gasteiger partial charge < -0.3 is 10.2 Å². The quantitative estimate of drug-likeness (QED) is 0.688. The first-order valence-electron chi connectivity index (χ1n) is 6.23. The Balaban J connectivity index is 1.64. The summed E-state index contributed by atoms with van der Waals surface area (Å²) < 4.78 is 0. The van der Waals surface area contributed by atoms with Crippen LogP contribution in [-0.4, -0.2) is 37.0 Å². The molecule has 0 aromatic heterocycles. The molecule has 3 rings (SSSR count). The molecule has 3 nitrogen and oxygen atoms in total. The zero-order chi connectivity index (χ0) is 10.4. The summed E-state index contributed by atoms with van der Waals surface area (Å²) in [5.41, 5.74) is 0. The Kier molecular flexibility index (Phi) is 2.23. The minimum Gasteiger partial charge on any atom is -0.342 e. The first-order chi connectivity index (χ1) is 7.24. The molecule has 2 bridgehead atoms. The topological polar surface area (TPSA) is 32.3 Å². The molecule has 1 amide bonds. The van der Waals surface area contributed by atoms with Gasteiger partial charge in [0.1, 0.15) is 0 Å². The number of likely N-dealkylation sites (tertiary alicyclic amines) is 1. The second-order valence-electron chi connectivity index (χ2n) is 5.69. The summed E-state index contributed by atoms with van der Waals surface area (Å²) in [5, 5.41) is 3.46. The van der Waals surface area contributed by atoms with Crippen molar-refractivity contribution in [2.75, 3.05) is 26.2 Å². The number of hydrogen-bond acceptors (Lipinski definition) is 2. The summed E-state index contributed by atoms with van der Waals surface area (Å²) in [5.74, 6) is 2.90. The van der Waals surface area contributed by atoms with Gasteiger partial charge in [-0.3, -0.25) is 4.79 Å². The van der Waals surface area contributed by atoms with E-state index in [1.165, 1.54) is 6.42 Å². The van der Waals surface area contributed by atoms with Crippen molar-refractivity contribution >= 4 is 5.91 Å². The van der Waals surface area contributed by atoms with Crippen molar-refractivity contribution in [3.05, 3.63) is 0 Å². The highest BCUT2D eigenvalue weighted by Crippen LogP contribution is 2.40. The van der Waals surface area contributed by atoms with Crippen LogP contribution in [0.3, 0.4) is 0 Å². The number of amides is 1. The van der Waals surface area contributed by atoms with Crippen molar-refractivity contribution in [3.8, 4) is 0 Å². The van der Waals surface area contributed by atoms with Crippen LogP contribution in [0, 0.1) is 23.7 Å². The highest BCUT2D eigenvalue weighted by atomic mass is 16.2. The summed E-state index contributed by atoms with van der Waals surface area (Å²) in [6.07, 6.45) is 2.46. The molecule has 0 spiro atoms. The lowest BCUT2D eigenvalue weighted by Crippen LogP contribution is -2.53. The standard InChI is InChI=1S/C12H20N2O/c1-8-2-11(8)12(15)14-6-9-3-10(7-14)5-13-4-9/h8-11,13H,2-7H2,1H3. The minimum absolute atomic E-state index is 0.372. The molecule has 2 heterocycles. The van der Waals surface area contributed by atoms with Crippen molar-refractivity contribution in [1.82, 2.24) is 10.2 Å². The molecular weight excluding hydrogens is 188 g/mol. The van der Waals surface area contributed by atoms with Crippen LogP contribution in [0.2, 0.25) is 0 Å². The maximum absolute atomic E-state index is 12.1. The summed E-state index contributed by atoms with van der Waals surface area (Å²) in [6.45, 7) is 6.42. The molecule has 3 aliphatic rings. The van der Waals surface area contributed by atoms with Crippen LogP contribution in [0.5, 0.6) is 0 Å². The number of hydrogen-bond donors (Lipinski definition) is 1. The molecule has 3 heteroatoms. The summed E-state index contributed by atoms with van der Waals surface area (Å²) in [6, 6.07) is 0. The number of piperidine rings is 2. The van der Waals surface area contributed by atoms with E-state index in [4.69, 9.17) is 0 Å². The number of carbonyl (C=O) groups is 1. The van der Waals surface area contributed by atoms with Gasteiger partial charge >= 0.3 is 0 Å². The molecule has 0 aromatic carbocycles. The third kappa shape index (κ3) is 1.78. The zero-order valence-electron chi connectivity index (χ0n) is 9.41. The average Bonchev–Trinajstić information content (AvgIpc) is 2.94. The van der Waals surface area contributed by atoms with E-state index in [1.807, 2.05) is 0 Å². The Bertz CT molecular complexity index is 267. The van der Waals surface area contributed by atoms with Crippen LogP contribution in [0.25, 0.3) is 0 Å². The molecule has 84 valence electrons. The summed E-state index contributed by atoms with van der Waals surface area (Å²) in [4.78, 5) is 14.3. The molecule has 4 unspecified atom stereocenters. The number of nitrogens with zero attached hydrogens (tertiary/aromatic N) is 1. The molecule has 2 aliphatic heterocycles. The average molecular weight is 208 g/mol. The predicted molar refractivity (Wildman–Crippen MR) is 58.3 cm³/mol. The van der Waals surface area contributed by atoms with Gasteiger partial charge in [0.15, 0.2) is 0 Å². The Hall–Kier alpha value is -0.570. The van der Waals surface area contributed by atoms with E-state index in [-0.39, 0.29) is 0 Å². The molecular formula is C12H20N2O. The molecule has 2 saturated heterocycles. The van der Waals surface area contributed by atoms with Crippen LogP contribution in [0.4, 0.5) is 0 Å². The van der Waals surface area contributed by atoms with Crippen molar-refractivity contribution < 1.29 is 4.79 Å². The van der Waals surface area contributed by atoms with Gasteiger partial charge in [0.25, 0.3) is 0 Å². The van der Waals surface area contributed by atoms with Crippen LogP contribution in [0.15, 0.2) is 0 Å². The van der Waals surface area contributed by atoms with Crippen molar-refractivity contribution in [1.29, 1.82) is 0 Å². The zero-order valence-corrected chi connectivity index (χ0v) is 9.41. The third-order valence-electron chi connectivity index (χ3n) is 4.23. The second-order valence-corrected chi connectivity index (χ2v) is 5.69. The van der Waals surface area contributed by atoms with Crippen molar-refractivity contribution in [3.63, 3.8) is 0 Å². The highest BCUT2D eigenvalue weighted by molar-refractivity contribution is 5.81. The number of nitrogens with one attached hydrogen (secondary N) is 1. The van der Waals surface area contributed by atoms with Crippen LogP contribution in [-0.2, 0) is 4.79 Å². The van der Waals surface area contributed by atoms with Gasteiger partial charge in [-0.1, -0.05) is 6.92 Å². The SMILES string of the molecule is CC1CC1C(=O)N1CC2CNCC(C2)C1. The van der Waals surface area contributed by atoms with Gasteiger partial charge in [-0.2, -0.15) is 0 Å². The Morgan fingerprint density at radius 1 is 1.20 bits per heavy atom. The maximum atomic E-state index is 12.1. The summed E-state index contributed by atoms with van der Waals surface area (Å²) >= 11 is 0. The molecule has 1 N–H and O–H groups in total. The molecule has 15 heavy (non-hydrogen) atoms. The van der Waals surface area contributed by atoms with Gasteiger partial charge in [-0.25, -0.2) is 0 Å². The van der Waals surface area contributed by atoms with Crippen LogP contribution in [0.1, 0.15) is 19.8 Å². The van der Waals surface area contributed by atoms with E-state index in [1.54, 1.807) is 0 Å². The first kappa shape index (κ1) is 9.64. The summed E-state index contributed by atoms with van der Waals surface area (Å²) in [7, 11) is 0. The Morgan fingerprint density at radius 2 is 1.80 bits per heavy atom. The molecule has 4 atom stereocenters. The fourth-order valence-corrected chi connectivity index (χ4v) is 3.19. The lowest BCUT2D eigenvalue weighted by molar-refractivity contribution is -0.136. The fourth-order valence-electron chi connectivity index (χ4n) is 3.19. The third-order valence-corrected chi connectivity index (χ3v) is 4.23. The van der Waals surface area contributed by atoms with Crippen LogP contribution < -0.4 is 5.32 Å². The number of carbonyl (C=O) groups excluding carboxylic acids is 1. The van der Waals surface area contributed by atoms with E-state index in [9.17, 15) is 4.79 Å². The molecule has 0 aromatic rings. The van der Waals surface area contributed by atoms with Crippen molar-refractivity contribution in [2.24, 2.45) is 23.7 Å². The van der Waals surface area contributed by atoms with E-state index in [0.717, 1.165) is 44.4 Å². The van der Waals surface area contributed by atoms with E-state index < -0.39 is 0 Å². The van der Waals surface area contributed by atoms with Gasteiger partial charge in [-0.15, -0.1) is 0 Å². The number of rotatable bonds is 1. The lowest BCUT2D eigenvalue weighted by atomic mass is 9.85. The van der Waals surface area contributed by atoms with Gasteiger partial charge in [0, 0.05) is 19.0 Å². The molecule has 1 aliphatic carbocycles. The fraction of sp³-hybridized carbons (Fsp3) is 0.917. The monoisotopic (exact) mass is 208 g/mol. The van der Waals surface area contributed by atoms with Gasteiger partial charge in [0.2, 0.25) is 5.91 Å². The minimum atomic E-state index is 0.372. The first-order valence-corrected chi connectivity index (χ1v) is 6.23. The highest BCUT2D eigenvalue weighted by Gasteiger charge is 2.43. The molecule has 1 saturated carbocycles. The van der Waals surface area contributed by atoms with Crippen molar-refractivity contribution in [2.45, 2.75) is 19.8 Å². The van der Waals surface area contributed by atoms with Gasteiger partial charge in [-0.05, 0) is 43.7 Å². The largest absolute Gasteiger partial charge is 0.342 e. The number of fused-ring (bicyclic) bond motifs is 2. The van der Waals surface area contributed by atoms with Gasteiger partial charge in [0.05, 0.1) is 0 Å².